The fourth-order valence-corrected chi connectivity index (χ4v) is 2.74. The van der Waals surface area contributed by atoms with Gasteiger partial charge in [-0.15, -0.1) is 0 Å². The van der Waals surface area contributed by atoms with E-state index in [0.717, 1.165) is 25.3 Å². The summed E-state index contributed by atoms with van der Waals surface area (Å²) in [5.74, 6) is 1.96. The molecule has 1 heterocycles. The topological polar surface area (TPSA) is 79.0 Å². The predicted octanol–water partition coefficient (Wildman–Crippen LogP) is 3.52. The van der Waals surface area contributed by atoms with Gasteiger partial charge in [-0.1, -0.05) is 30.3 Å². The molecule has 0 aliphatic rings. The molecule has 0 fully saturated rings. The summed E-state index contributed by atoms with van der Waals surface area (Å²) >= 11 is 0. The summed E-state index contributed by atoms with van der Waals surface area (Å²) in [5, 5.41) is 17.1. The summed E-state index contributed by atoms with van der Waals surface area (Å²) in [6.07, 6.45) is 0.935. The molecule has 2 atom stereocenters. The first-order chi connectivity index (χ1) is 13.4. The fourth-order valence-electron chi connectivity index (χ4n) is 2.74. The maximum Gasteiger partial charge on any atom is 0.191 e. The lowest BCUT2D eigenvalue weighted by molar-refractivity contribution is 0.0428. The van der Waals surface area contributed by atoms with Crippen LogP contribution in [0.5, 0.6) is 0 Å². The monoisotopic (exact) mass is 387 g/mol. The van der Waals surface area contributed by atoms with E-state index in [0.29, 0.717) is 18.3 Å². The van der Waals surface area contributed by atoms with Gasteiger partial charge in [0.25, 0.3) is 0 Å². The smallest absolute Gasteiger partial charge is 0.191 e. The van der Waals surface area contributed by atoms with Gasteiger partial charge in [-0.2, -0.15) is 0 Å². The molecule has 0 saturated heterocycles. The largest absolute Gasteiger partial charge is 0.463 e. The second-order valence-corrected chi connectivity index (χ2v) is 7.08. The Bertz CT molecular complexity index is 726. The summed E-state index contributed by atoms with van der Waals surface area (Å²) in [7, 11) is 0. The zero-order chi connectivity index (χ0) is 20.4. The molecule has 0 radical (unpaired) electrons. The lowest BCUT2D eigenvalue weighted by Gasteiger charge is -2.20. The maximum absolute atomic E-state index is 10.6. The second-order valence-electron chi connectivity index (χ2n) is 7.08. The first-order valence-electron chi connectivity index (χ1n) is 9.90. The van der Waals surface area contributed by atoms with Crippen molar-refractivity contribution in [1.82, 2.24) is 10.6 Å². The molecule has 28 heavy (non-hydrogen) atoms. The number of rotatable bonds is 10. The molecule has 2 rings (SSSR count). The highest BCUT2D eigenvalue weighted by Gasteiger charge is 2.26. The van der Waals surface area contributed by atoms with Crippen molar-refractivity contribution < 1.29 is 14.3 Å². The van der Waals surface area contributed by atoms with E-state index in [2.05, 4.69) is 34.7 Å². The molecule has 2 aromatic rings. The molecule has 6 nitrogen and oxygen atoms in total. The molecule has 6 heteroatoms. The summed E-state index contributed by atoms with van der Waals surface area (Å²) in [5.41, 5.74) is 0.0333. The quantitative estimate of drug-likeness (QED) is 0.330. The van der Waals surface area contributed by atoms with E-state index in [1.807, 2.05) is 38.1 Å². The fraction of sp³-hybridized carbons (Fsp3) is 0.500. The van der Waals surface area contributed by atoms with Gasteiger partial charge in [-0.05, 0) is 51.8 Å². The highest BCUT2D eigenvalue weighted by atomic mass is 16.5. The second kappa shape index (κ2) is 10.9. The number of furan rings is 1. The number of benzene rings is 1. The number of aliphatic imine (C=N–C) groups is 1. The van der Waals surface area contributed by atoms with E-state index in [-0.39, 0.29) is 12.6 Å². The molecular formula is C22H33N3O3. The van der Waals surface area contributed by atoms with Crippen LogP contribution in [0.25, 0.3) is 0 Å². The Labute approximate surface area is 168 Å². The van der Waals surface area contributed by atoms with Crippen molar-refractivity contribution in [2.75, 3.05) is 26.2 Å². The summed E-state index contributed by atoms with van der Waals surface area (Å²) in [6, 6.07) is 13.8. The summed E-state index contributed by atoms with van der Waals surface area (Å²) in [6.45, 7) is 9.97. The predicted molar refractivity (Wildman–Crippen MR) is 112 cm³/mol. The van der Waals surface area contributed by atoms with E-state index in [1.54, 1.807) is 13.0 Å². The van der Waals surface area contributed by atoms with Crippen molar-refractivity contribution >= 4 is 5.96 Å². The molecule has 0 amide bonds. The zero-order valence-corrected chi connectivity index (χ0v) is 17.4. The van der Waals surface area contributed by atoms with Crippen LogP contribution in [0.3, 0.4) is 0 Å². The van der Waals surface area contributed by atoms with E-state index in [1.165, 1.54) is 5.56 Å². The van der Waals surface area contributed by atoms with Crippen LogP contribution in [0, 0.1) is 6.92 Å². The van der Waals surface area contributed by atoms with Crippen LogP contribution < -0.4 is 10.6 Å². The molecule has 0 aliphatic carbocycles. The third-order valence-electron chi connectivity index (χ3n) is 4.41. The average Bonchev–Trinajstić information content (AvgIpc) is 3.13. The normalized spacial score (nSPS) is 15.1. The van der Waals surface area contributed by atoms with Crippen molar-refractivity contribution in [1.29, 1.82) is 0 Å². The highest BCUT2D eigenvalue weighted by molar-refractivity contribution is 5.79. The number of aliphatic hydroxyl groups is 1. The van der Waals surface area contributed by atoms with Gasteiger partial charge in [0, 0.05) is 19.7 Å². The number of nitrogens with zero attached hydrogens (tertiary/aromatic N) is 1. The molecule has 0 bridgehead atoms. The molecule has 2 unspecified atom stereocenters. The van der Waals surface area contributed by atoms with Gasteiger partial charge in [-0.25, -0.2) is 4.99 Å². The minimum Gasteiger partial charge on any atom is -0.463 e. The Morgan fingerprint density at radius 1 is 1.21 bits per heavy atom. The molecule has 3 N–H and O–H groups in total. The number of nitrogens with one attached hydrogen (secondary N) is 2. The van der Waals surface area contributed by atoms with Gasteiger partial charge in [0.05, 0.1) is 12.6 Å². The van der Waals surface area contributed by atoms with Crippen molar-refractivity contribution in [2.45, 2.75) is 45.8 Å². The van der Waals surface area contributed by atoms with Crippen molar-refractivity contribution in [3.8, 4) is 0 Å². The van der Waals surface area contributed by atoms with Gasteiger partial charge in [-0.3, -0.25) is 0 Å². The molecule has 0 saturated carbocycles. The van der Waals surface area contributed by atoms with Crippen molar-refractivity contribution in [3.63, 3.8) is 0 Å². The Kier molecular flexibility index (Phi) is 8.54. The van der Waals surface area contributed by atoms with E-state index in [9.17, 15) is 5.11 Å². The number of aryl methyl sites for hydroxylation is 1. The third-order valence-corrected chi connectivity index (χ3v) is 4.41. The van der Waals surface area contributed by atoms with E-state index >= 15 is 0 Å². The Morgan fingerprint density at radius 2 is 1.96 bits per heavy atom. The molecule has 1 aromatic carbocycles. The van der Waals surface area contributed by atoms with Crippen LogP contribution in [0.2, 0.25) is 0 Å². The van der Waals surface area contributed by atoms with E-state index < -0.39 is 5.60 Å². The third kappa shape index (κ3) is 7.02. The van der Waals surface area contributed by atoms with Crippen molar-refractivity contribution in [3.05, 3.63) is 59.5 Å². The number of ether oxygens (including phenoxy) is 1. The van der Waals surface area contributed by atoms with Crippen LogP contribution in [0.15, 0.2) is 51.9 Å². The number of hydrogen-bond donors (Lipinski definition) is 3. The SMILES string of the molecule is CCNC(=NCC(C)(O)c1ccc(C)o1)NCCCOC(C)c1ccccc1. The van der Waals surface area contributed by atoms with Gasteiger partial charge in [0.15, 0.2) is 5.96 Å². The molecular weight excluding hydrogens is 354 g/mol. The Morgan fingerprint density at radius 3 is 2.61 bits per heavy atom. The highest BCUT2D eigenvalue weighted by Crippen LogP contribution is 2.23. The molecule has 1 aromatic heterocycles. The average molecular weight is 388 g/mol. The number of hydrogen-bond acceptors (Lipinski definition) is 4. The van der Waals surface area contributed by atoms with Gasteiger partial charge in [0.1, 0.15) is 17.1 Å². The number of guanidine groups is 1. The summed E-state index contributed by atoms with van der Waals surface area (Å²) < 4.78 is 11.4. The van der Waals surface area contributed by atoms with Gasteiger partial charge < -0.3 is 24.9 Å². The zero-order valence-electron chi connectivity index (χ0n) is 17.4. The minimum atomic E-state index is -1.15. The van der Waals surface area contributed by atoms with Crippen LogP contribution in [-0.4, -0.2) is 37.3 Å². The summed E-state index contributed by atoms with van der Waals surface area (Å²) in [4.78, 5) is 4.49. The van der Waals surface area contributed by atoms with Crippen LogP contribution in [0.4, 0.5) is 0 Å². The first-order valence-corrected chi connectivity index (χ1v) is 9.90. The lowest BCUT2D eigenvalue weighted by Crippen LogP contribution is -2.39. The Balaban J connectivity index is 1.76. The molecule has 0 aliphatic heterocycles. The van der Waals surface area contributed by atoms with Gasteiger partial charge >= 0.3 is 0 Å². The van der Waals surface area contributed by atoms with Gasteiger partial charge in [0.2, 0.25) is 0 Å². The van der Waals surface area contributed by atoms with Crippen LogP contribution >= 0.6 is 0 Å². The minimum absolute atomic E-state index is 0.0787. The first kappa shape index (κ1) is 22.0. The van der Waals surface area contributed by atoms with Crippen LogP contribution in [0.1, 0.15) is 50.4 Å². The van der Waals surface area contributed by atoms with Crippen LogP contribution in [-0.2, 0) is 10.3 Å². The molecule has 154 valence electrons. The standard InChI is InChI=1S/C22H33N3O3/c1-5-23-21(25-16-22(4,26)20-13-12-17(2)28-20)24-14-9-15-27-18(3)19-10-7-6-8-11-19/h6-8,10-13,18,26H,5,9,14-16H2,1-4H3,(H2,23,24,25). The van der Waals surface area contributed by atoms with Crippen molar-refractivity contribution in [2.24, 2.45) is 4.99 Å². The lowest BCUT2D eigenvalue weighted by atomic mass is 10.0. The molecule has 0 spiro atoms. The maximum atomic E-state index is 10.6. The van der Waals surface area contributed by atoms with E-state index in [4.69, 9.17) is 9.15 Å². The Hall–Kier alpha value is -2.31.